The first-order valence-electron chi connectivity index (χ1n) is 30.5. The third kappa shape index (κ3) is 11.7. The molecule has 0 unspecified atom stereocenters. The number of likely N-dealkylation sites (tertiary alicyclic amines) is 2. The number of anilines is 1. The van der Waals surface area contributed by atoms with Gasteiger partial charge in [0.25, 0.3) is 5.91 Å². The third-order valence-electron chi connectivity index (χ3n) is 19.8. The fourth-order valence-electron chi connectivity index (χ4n) is 15.1. The number of nitrogens with one attached hydrogen (secondary N) is 3. The number of benzene rings is 1. The molecule has 3 amide bonds. The number of nitrogens with zero attached hydrogens (tertiary/aromatic N) is 8. The van der Waals surface area contributed by atoms with Gasteiger partial charge in [0.2, 0.25) is 11.8 Å². The largest absolute Gasteiger partial charge is 0.464 e. The number of aromatic nitrogens is 3. The number of hydrazine groups is 1. The molecule has 3 N–H and O–H groups in total. The second-order valence-electron chi connectivity index (χ2n) is 26.4. The monoisotopic (exact) mass is 1170 g/mol. The lowest BCUT2D eigenvalue weighted by molar-refractivity contribution is -0.155. The van der Waals surface area contributed by atoms with Gasteiger partial charge in [0.15, 0.2) is 0 Å². The van der Waals surface area contributed by atoms with Crippen LogP contribution in [0.3, 0.4) is 0 Å². The summed E-state index contributed by atoms with van der Waals surface area (Å²) in [6, 6.07) is 5.46. The number of cyclic esters (lactones) is 1. The Bertz CT molecular complexity index is 3130. The molecular weight excluding hydrogens is 1090 g/mol. The zero-order chi connectivity index (χ0) is 57.5. The Labute approximate surface area is 487 Å². The highest BCUT2D eigenvalue weighted by Crippen LogP contribution is 2.47. The van der Waals surface area contributed by atoms with E-state index in [9.17, 15) is 9.59 Å². The first-order chi connectivity index (χ1) is 39.9. The van der Waals surface area contributed by atoms with Crippen LogP contribution in [0.1, 0.15) is 107 Å². The summed E-state index contributed by atoms with van der Waals surface area (Å²) in [5.41, 5.74) is 6.73. The summed E-state index contributed by atoms with van der Waals surface area (Å²) in [5.74, 6) is -0.188. The zero-order valence-electron chi connectivity index (χ0n) is 48.3. The molecule has 448 valence electrons. The molecule has 18 nitrogen and oxygen atoms in total. The van der Waals surface area contributed by atoms with Crippen molar-refractivity contribution < 1.29 is 46.6 Å². The number of methoxy groups -OCH3 is 1. The van der Waals surface area contributed by atoms with Crippen LogP contribution >= 0.6 is 11.3 Å². The van der Waals surface area contributed by atoms with Crippen LogP contribution in [-0.2, 0) is 52.8 Å². The lowest BCUT2D eigenvalue weighted by Crippen LogP contribution is -2.62. The maximum absolute atomic E-state index is 15.2. The first kappa shape index (κ1) is 56.9. The number of hydrogen-bond acceptors (Lipinski definition) is 15. The van der Waals surface area contributed by atoms with Gasteiger partial charge in [-0.25, -0.2) is 10.4 Å². The van der Waals surface area contributed by atoms with Gasteiger partial charge >= 0.3 is 12.1 Å². The van der Waals surface area contributed by atoms with Crippen LogP contribution in [0.2, 0.25) is 0 Å². The second kappa shape index (κ2) is 22.6. The van der Waals surface area contributed by atoms with E-state index in [0.29, 0.717) is 120 Å². The number of hydrogen-bond donors (Lipinski definition) is 3. The molecule has 13 rings (SSSR count). The molecule has 9 aliphatic rings. The van der Waals surface area contributed by atoms with Crippen LogP contribution < -0.4 is 21.0 Å². The van der Waals surface area contributed by atoms with Crippen molar-refractivity contribution in [1.82, 2.24) is 50.3 Å². The number of carbonyl (C=O) groups excluding carboxylic acids is 4. The molecule has 83 heavy (non-hydrogen) atoms. The van der Waals surface area contributed by atoms with Crippen molar-refractivity contribution in [2.75, 3.05) is 90.7 Å². The van der Waals surface area contributed by atoms with Gasteiger partial charge in [-0.1, -0.05) is 32.8 Å². The first-order valence-corrected chi connectivity index (χ1v) is 31.4. The second-order valence-corrected chi connectivity index (χ2v) is 27.3. The molecule has 8 fully saturated rings. The van der Waals surface area contributed by atoms with E-state index >= 15 is 22.8 Å². The van der Waals surface area contributed by atoms with Crippen LogP contribution in [0.15, 0.2) is 35.8 Å². The van der Waals surface area contributed by atoms with Crippen molar-refractivity contribution >= 4 is 51.6 Å². The molecule has 1 aromatic carbocycles. The number of rotatable bonds is 11. The van der Waals surface area contributed by atoms with E-state index in [1.807, 2.05) is 38.3 Å². The Morgan fingerprint density at radius 2 is 1.81 bits per heavy atom. The van der Waals surface area contributed by atoms with Crippen LogP contribution in [0.5, 0.6) is 0 Å². The Morgan fingerprint density at radius 1 is 0.988 bits per heavy atom. The van der Waals surface area contributed by atoms with Gasteiger partial charge in [-0.15, -0.1) is 11.3 Å². The fourth-order valence-corrected chi connectivity index (χ4v) is 15.9. The predicted octanol–water partition coefficient (Wildman–Crippen LogP) is 6.50. The average molecular weight is 1170 g/mol. The highest BCUT2D eigenvalue weighted by atomic mass is 32.1. The topological polar surface area (TPSA) is 189 Å². The summed E-state index contributed by atoms with van der Waals surface area (Å²) < 4.78 is 65.1. The number of piperazine rings is 1. The smallest absolute Gasteiger partial charge is 0.406 e. The van der Waals surface area contributed by atoms with Gasteiger partial charge in [0.1, 0.15) is 24.7 Å². The van der Waals surface area contributed by atoms with Crippen molar-refractivity contribution in [3.8, 4) is 22.5 Å². The minimum Gasteiger partial charge on any atom is -0.464 e. The molecule has 6 bridgehead atoms. The van der Waals surface area contributed by atoms with Crippen LogP contribution in [-0.4, -0.2) is 186 Å². The predicted molar refractivity (Wildman–Crippen MR) is 307 cm³/mol. The molecule has 2 aliphatic carbocycles. The van der Waals surface area contributed by atoms with Gasteiger partial charge in [-0.05, 0) is 107 Å². The maximum atomic E-state index is 15.2. The number of morpholine rings is 1. The summed E-state index contributed by atoms with van der Waals surface area (Å²) in [5, 5.41) is 11.3. The van der Waals surface area contributed by atoms with E-state index in [1.165, 1.54) is 33.8 Å². The van der Waals surface area contributed by atoms with Crippen LogP contribution in [0.4, 0.5) is 18.9 Å². The molecule has 2 saturated carbocycles. The summed E-state index contributed by atoms with van der Waals surface area (Å²) in [7, 11) is 1.57. The standard InChI is InChI=1S/C61H80F3N11O7S/c1-36(80-4)50-43(25-40(28-65-50)71-21-20-70-22-23-81-30-41(70)29-71)54-44-27-59(2,3)35-82-58(79)45-10-7-17-75(69-45)56(77)46(26-49-66-47(31-83-49)39-13-14-48(42(44)24-39)74(54)34-61(62,63)64)67-55(76)53(38-8-5-6-9-38)72-18-15-60(32-72)16-19-73(33-60)57(78)52-51(68-52)37-11-12-37/h13-14,24-25,28,31,36-38,41,45-46,51-53,68-69H,5-12,15-23,26-27,29-30,32-35H2,1-4H3,(H,67,76)/t36-,41-,45-,46-,51+,52+,53-,60-/m0/s1. The molecule has 6 saturated heterocycles. The molecule has 10 heterocycles. The summed E-state index contributed by atoms with van der Waals surface area (Å²) in [6.45, 7) is 11.9. The molecule has 22 heteroatoms. The minimum absolute atomic E-state index is 0.0656. The normalized spacial score (nSPS) is 29.0. The number of alkyl halides is 3. The molecule has 7 aliphatic heterocycles. The van der Waals surface area contributed by atoms with E-state index < -0.39 is 48.3 Å². The fraction of sp³-hybridized carbons (Fsp3) is 0.672. The van der Waals surface area contributed by atoms with Gasteiger partial charge in [-0.3, -0.25) is 44.3 Å². The lowest BCUT2D eigenvalue weighted by Gasteiger charge is -2.44. The molecule has 8 atom stereocenters. The number of amides is 3. The molecule has 1 spiro atoms. The van der Waals surface area contributed by atoms with Gasteiger partial charge < -0.3 is 33.9 Å². The quantitative estimate of drug-likeness (QED) is 0.109. The number of halogens is 3. The van der Waals surface area contributed by atoms with Crippen LogP contribution in [0, 0.1) is 22.7 Å². The average Bonchev–Trinajstić information content (AvgIpc) is 2.99. The van der Waals surface area contributed by atoms with Gasteiger partial charge in [0, 0.05) is 110 Å². The van der Waals surface area contributed by atoms with Gasteiger partial charge in [-0.2, -0.15) is 13.2 Å². The number of fused-ring (bicyclic) bond motifs is 7. The van der Waals surface area contributed by atoms with Crippen molar-refractivity contribution in [3.63, 3.8) is 0 Å². The van der Waals surface area contributed by atoms with E-state index in [1.54, 1.807) is 25.4 Å². The number of pyridine rings is 1. The lowest BCUT2D eigenvalue weighted by atomic mass is 9.84. The zero-order valence-corrected chi connectivity index (χ0v) is 49.1. The third-order valence-corrected chi connectivity index (χ3v) is 20.7. The number of thiazole rings is 1. The summed E-state index contributed by atoms with van der Waals surface area (Å²) in [6.07, 6.45) is 5.83. The SMILES string of the molecule is CO[C@@H](C)c1ncc(N2CCN3CCOC[C@@H]3C2)cc1-c1c2c3cc(ccc3n1CC(F)(F)F)-c1csc(n1)C[C@H](NC(=O)[C@H](C1CCCC1)N1CC[C@]3(CCN(C(=O)[C@@H]4N[C@@H]4C4CC4)C3)C1)C(=O)N1CCC[C@H](N1)C(=O)OCC(C)(C)C2. The van der Waals surface area contributed by atoms with Crippen molar-refractivity contribution in [3.05, 3.63) is 52.1 Å². The minimum atomic E-state index is -4.61. The molecule has 3 aromatic heterocycles. The molecular formula is C61H80F3N11O7S. The molecule has 4 aromatic rings. The van der Waals surface area contributed by atoms with Crippen molar-refractivity contribution in [1.29, 1.82) is 0 Å². The Hall–Kier alpha value is -5.23. The summed E-state index contributed by atoms with van der Waals surface area (Å²) >= 11 is 1.36. The van der Waals surface area contributed by atoms with Crippen LogP contribution in [0.25, 0.3) is 33.4 Å². The maximum Gasteiger partial charge on any atom is 0.406 e. The van der Waals surface area contributed by atoms with Gasteiger partial charge in [0.05, 0.1) is 72.0 Å². The van der Waals surface area contributed by atoms with E-state index in [0.717, 1.165) is 70.4 Å². The Balaban J connectivity index is 0.847. The van der Waals surface area contributed by atoms with Crippen molar-refractivity contribution in [2.24, 2.45) is 22.7 Å². The highest BCUT2D eigenvalue weighted by Gasteiger charge is 2.55. The van der Waals surface area contributed by atoms with E-state index in [4.69, 9.17) is 24.2 Å². The van der Waals surface area contributed by atoms with Crippen molar-refractivity contribution in [2.45, 2.75) is 153 Å². The molecule has 0 radical (unpaired) electrons. The number of esters is 1. The number of carbonyl (C=O) groups is 4. The number of ether oxygens (including phenoxy) is 3. The Morgan fingerprint density at radius 3 is 2.60 bits per heavy atom. The highest BCUT2D eigenvalue weighted by molar-refractivity contribution is 7.10. The van der Waals surface area contributed by atoms with E-state index in [2.05, 4.69) is 35.7 Å². The Kier molecular flexibility index (Phi) is 15.5. The van der Waals surface area contributed by atoms with E-state index in [-0.39, 0.29) is 60.6 Å². The summed E-state index contributed by atoms with van der Waals surface area (Å²) in [4.78, 5) is 77.4.